The lowest BCUT2D eigenvalue weighted by molar-refractivity contribution is -0.143. The molecule has 0 atom stereocenters. The molecule has 0 fully saturated rings. The number of carbonyl (C=O) groups is 2. The quantitative estimate of drug-likeness (QED) is 0.462. The van der Waals surface area contributed by atoms with Crippen LogP contribution in [0.25, 0.3) is 11.4 Å². The van der Waals surface area contributed by atoms with Gasteiger partial charge in [0, 0.05) is 11.1 Å². The van der Waals surface area contributed by atoms with Crippen molar-refractivity contribution < 1.29 is 14.3 Å². The zero-order valence-corrected chi connectivity index (χ0v) is 15.7. The number of ether oxygens (including phenoxy) is 1. The summed E-state index contributed by atoms with van der Waals surface area (Å²) in [5.74, 6) is -0.653. The summed E-state index contributed by atoms with van der Waals surface area (Å²) in [6.45, 7) is 1.30. The fourth-order valence-corrected chi connectivity index (χ4v) is 2.49. The fourth-order valence-electron chi connectivity index (χ4n) is 2.19. The maximum atomic E-state index is 12.1. The lowest BCUT2D eigenvalue weighted by atomic mass is 10.1. The minimum atomic E-state index is -0.656. The van der Waals surface area contributed by atoms with Gasteiger partial charge in [0.1, 0.15) is 0 Å². The first-order chi connectivity index (χ1) is 12.9. The van der Waals surface area contributed by atoms with Crippen molar-refractivity contribution in [2.75, 3.05) is 6.61 Å². The smallest absolute Gasteiger partial charge is 0.330 e. The van der Waals surface area contributed by atoms with Gasteiger partial charge >= 0.3 is 5.97 Å². The number of Topliss-reactive ketones (excluding diaryl/α,β-unsaturated/α-hetero) is 1. The van der Waals surface area contributed by atoms with Gasteiger partial charge < -0.3 is 4.74 Å². The second-order valence-corrected chi connectivity index (χ2v) is 6.54. The van der Waals surface area contributed by atoms with E-state index in [2.05, 4.69) is 15.4 Å². The van der Waals surface area contributed by atoms with Crippen molar-refractivity contribution in [3.8, 4) is 11.4 Å². The summed E-state index contributed by atoms with van der Waals surface area (Å²) in [4.78, 5) is 25.1. The zero-order chi connectivity index (χ0) is 19.4. The van der Waals surface area contributed by atoms with E-state index in [-0.39, 0.29) is 11.6 Å². The number of hydrogen-bond acceptors (Lipinski definition) is 6. The van der Waals surface area contributed by atoms with Gasteiger partial charge in [-0.15, -0.1) is 10.2 Å². The average Bonchev–Trinajstić information content (AvgIpc) is 3.11. The standard InChI is InChI=1S/C18H14Cl2N4O3/c1-11-2-4-12(5-3-11)18-21-23-24(22-18)9-17(26)27-10-16(25)13-6-7-14(19)15(20)8-13/h2-8H,9-10H2,1H3. The van der Waals surface area contributed by atoms with E-state index in [9.17, 15) is 9.59 Å². The Morgan fingerprint density at radius 1 is 1.07 bits per heavy atom. The van der Waals surface area contributed by atoms with E-state index in [1.807, 2.05) is 31.2 Å². The predicted molar refractivity (Wildman–Crippen MR) is 99.7 cm³/mol. The molecule has 0 amide bonds. The zero-order valence-electron chi connectivity index (χ0n) is 14.2. The number of rotatable bonds is 6. The highest BCUT2D eigenvalue weighted by Crippen LogP contribution is 2.22. The highest BCUT2D eigenvalue weighted by atomic mass is 35.5. The Morgan fingerprint density at radius 3 is 2.52 bits per heavy atom. The van der Waals surface area contributed by atoms with Gasteiger partial charge in [-0.25, -0.2) is 4.79 Å². The number of benzene rings is 2. The highest BCUT2D eigenvalue weighted by Gasteiger charge is 2.14. The van der Waals surface area contributed by atoms with Crippen molar-refractivity contribution in [3.05, 3.63) is 63.6 Å². The van der Waals surface area contributed by atoms with Crippen molar-refractivity contribution in [1.29, 1.82) is 0 Å². The van der Waals surface area contributed by atoms with Crippen LogP contribution in [0.15, 0.2) is 42.5 Å². The van der Waals surface area contributed by atoms with E-state index < -0.39 is 18.4 Å². The first-order valence-electron chi connectivity index (χ1n) is 7.91. The number of aryl methyl sites for hydroxylation is 1. The van der Waals surface area contributed by atoms with Crippen LogP contribution in [0.3, 0.4) is 0 Å². The molecule has 0 aliphatic heterocycles. The molecule has 7 nitrogen and oxygen atoms in total. The van der Waals surface area contributed by atoms with E-state index >= 15 is 0 Å². The van der Waals surface area contributed by atoms with Gasteiger partial charge in [0.05, 0.1) is 10.0 Å². The minimum Gasteiger partial charge on any atom is -0.456 e. The van der Waals surface area contributed by atoms with Gasteiger partial charge in [0.25, 0.3) is 0 Å². The normalized spacial score (nSPS) is 10.6. The summed E-state index contributed by atoms with van der Waals surface area (Å²) in [6.07, 6.45) is 0. The number of tetrazole rings is 1. The van der Waals surface area contributed by atoms with E-state index in [4.69, 9.17) is 27.9 Å². The molecule has 3 aromatic rings. The number of carbonyl (C=O) groups excluding carboxylic acids is 2. The molecule has 0 bridgehead atoms. The number of esters is 1. The first kappa shape index (κ1) is 19.0. The monoisotopic (exact) mass is 404 g/mol. The Labute approximate surface area is 164 Å². The first-order valence-corrected chi connectivity index (χ1v) is 8.66. The second kappa shape index (κ2) is 8.28. The van der Waals surface area contributed by atoms with Crippen molar-refractivity contribution in [2.24, 2.45) is 0 Å². The van der Waals surface area contributed by atoms with Crippen LogP contribution in [0.2, 0.25) is 10.0 Å². The molecule has 0 N–H and O–H groups in total. The van der Waals surface area contributed by atoms with Crippen LogP contribution in [-0.2, 0) is 16.1 Å². The second-order valence-electron chi connectivity index (χ2n) is 5.72. The summed E-state index contributed by atoms with van der Waals surface area (Å²) >= 11 is 11.7. The highest BCUT2D eigenvalue weighted by molar-refractivity contribution is 6.42. The van der Waals surface area contributed by atoms with Crippen LogP contribution in [-0.4, -0.2) is 38.6 Å². The van der Waals surface area contributed by atoms with Gasteiger partial charge in [-0.3, -0.25) is 4.79 Å². The Hall–Kier alpha value is -2.77. The number of halogens is 2. The Kier molecular flexibility index (Phi) is 5.83. The van der Waals surface area contributed by atoms with E-state index in [0.29, 0.717) is 16.4 Å². The summed E-state index contributed by atoms with van der Waals surface area (Å²) in [6, 6.07) is 12.0. The molecule has 0 radical (unpaired) electrons. The molecule has 138 valence electrons. The Balaban J connectivity index is 1.55. The molecule has 2 aromatic carbocycles. The molecular formula is C18H14Cl2N4O3. The van der Waals surface area contributed by atoms with Gasteiger partial charge in [-0.1, -0.05) is 53.0 Å². The van der Waals surface area contributed by atoms with Crippen molar-refractivity contribution >= 4 is 35.0 Å². The van der Waals surface area contributed by atoms with Crippen molar-refractivity contribution in [2.45, 2.75) is 13.5 Å². The summed E-state index contributed by atoms with van der Waals surface area (Å²) in [5.41, 5.74) is 2.20. The molecule has 3 rings (SSSR count). The summed E-state index contributed by atoms with van der Waals surface area (Å²) in [5, 5.41) is 12.5. The molecule has 0 aliphatic rings. The minimum absolute atomic E-state index is 0.254. The molecule has 0 unspecified atom stereocenters. The molecule has 0 spiro atoms. The lowest BCUT2D eigenvalue weighted by Crippen LogP contribution is -2.19. The third-order valence-electron chi connectivity index (χ3n) is 3.64. The fraction of sp³-hybridized carbons (Fsp3) is 0.167. The lowest BCUT2D eigenvalue weighted by Gasteiger charge is -2.04. The van der Waals surface area contributed by atoms with Gasteiger partial charge in [0.2, 0.25) is 5.82 Å². The number of ketones is 1. The summed E-state index contributed by atoms with van der Waals surface area (Å²) in [7, 11) is 0. The molecule has 9 heteroatoms. The molecule has 0 aliphatic carbocycles. The largest absolute Gasteiger partial charge is 0.456 e. The van der Waals surface area contributed by atoms with Crippen molar-refractivity contribution in [3.63, 3.8) is 0 Å². The number of nitrogens with zero attached hydrogens (tertiary/aromatic N) is 4. The Bertz CT molecular complexity index is 987. The van der Waals surface area contributed by atoms with Crippen LogP contribution < -0.4 is 0 Å². The molecule has 1 heterocycles. The van der Waals surface area contributed by atoms with E-state index in [1.54, 1.807) is 0 Å². The van der Waals surface area contributed by atoms with Crippen LogP contribution in [0.1, 0.15) is 15.9 Å². The predicted octanol–water partition coefficient (Wildman–Crippen LogP) is 3.38. The van der Waals surface area contributed by atoms with Gasteiger partial charge in [-0.05, 0) is 30.3 Å². The third kappa shape index (κ3) is 4.90. The topological polar surface area (TPSA) is 87.0 Å². The van der Waals surface area contributed by atoms with Crippen LogP contribution >= 0.6 is 23.2 Å². The molecule has 27 heavy (non-hydrogen) atoms. The molecule has 0 saturated carbocycles. The van der Waals surface area contributed by atoms with Gasteiger partial charge in [-0.2, -0.15) is 4.80 Å². The van der Waals surface area contributed by atoms with E-state index in [0.717, 1.165) is 15.9 Å². The number of hydrogen-bond donors (Lipinski definition) is 0. The van der Waals surface area contributed by atoms with Crippen LogP contribution in [0.5, 0.6) is 0 Å². The van der Waals surface area contributed by atoms with E-state index in [1.165, 1.54) is 18.2 Å². The summed E-state index contributed by atoms with van der Waals surface area (Å²) < 4.78 is 4.97. The Morgan fingerprint density at radius 2 is 1.81 bits per heavy atom. The van der Waals surface area contributed by atoms with Gasteiger partial charge in [0.15, 0.2) is 18.9 Å². The maximum Gasteiger partial charge on any atom is 0.330 e. The number of aromatic nitrogens is 4. The molecule has 1 aromatic heterocycles. The SMILES string of the molecule is Cc1ccc(-c2nnn(CC(=O)OCC(=O)c3ccc(Cl)c(Cl)c3)n2)cc1. The molecular weight excluding hydrogens is 391 g/mol. The van der Waals surface area contributed by atoms with Crippen molar-refractivity contribution in [1.82, 2.24) is 20.2 Å². The van der Waals surface area contributed by atoms with Crippen LogP contribution in [0, 0.1) is 6.92 Å². The van der Waals surface area contributed by atoms with Crippen LogP contribution in [0.4, 0.5) is 0 Å². The average molecular weight is 405 g/mol. The third-order valence-corrected chi connectivity index (χ3v) is 4.38. The molecule has 0 saturated heterocycles. The maximum absolute atomic E-state index is 12.1.